The molecule has 3 heterocycles. The van der Waals surface area contributed by atoms with E-state index in [1.165, 1.54) is 4.57 Å². The molecule has 0 saturated carbocycles. The van der Waals surface area contributed by atoms with Crippen molar-refractivity contribution in [3.63, 3.8) is 0 Å². The summed E-state index contributed by atoms with van der Waals surface area (Å²) in [5.41, 5.74) is 0.719. The third-order valence-electron chi connectivity index (χ3n) is 5.10. The van der Waals surface area contributed by atoms with Crippen LogP contribution in [0.3, 0.4) is 0 Å². The van der Waals surface area contributed by atoms with Crippen molar-refractivity contribution in [1.82, 2.24) is 29.4 Å². The molecule has 0 unspecified atom stereocenters. The van der Waals surface area contributed by atoms with Crippen LogP contribution >= 0.6 is 11.6 Å². The Hall–Kier alpha value is -2.94. The lowest BCUT2D eigenvalue weighted by Crippen LogP contribution is -2.31. The molecule has 0 aliphatic carbocycles. The molecular formula is C22H29ClN6O3. The van der Waals surface area contributed by atoms with Gasteiger partial charge in [0.2, 0.25) is 5.91 Å². The fourth-order valence-electron chi connectivity index (χ4n) is 3.52. The summed E-state index contributed by atoms with van der Waals surface area (Å²) in [6.07, 6.45) is 3.89. The van der Waals surface area contributed by atoms with E-state index in [1.54, 1.807) is 18.3 Å². The number of imidazole rings is 1. The van der Waals surface area contributed by atoms with Crippen molar-refractivity contribution >= 4 is 28.7 Å². The number of aromatic nitrogens is 5. The lowest BCUT2D eigenvalue weighted by atomic mass is 10.2. The maximum Gasteiger partial charge on any atom is 0.330 e. The average molecular weight is 461 g/mol. The summed E-state index contributed by atoms with van der Waals surface area (Å²) in [5.74, 6) is 0.742. The number of amides is 1. The van der Waals surface area contributed by atoms with Crippen molar-refractivity contribution in [2.24, 2.45) is 5.92 Å². The summed E-state index contributed by atoms with van der Waals surface area (Å²) < 4.78 is 3.37. The monoisotopic (exact) mass is 460 g/mol. The Morgan fingerprint density at radius 2 is 2.03 bits per heavy atom. The van der Waals surface area contributed by atoms with Crippen LogP contribution in [0.25, 0.3) is 11.2 Å². The Morgan fingerprint density at radius 1 is 1.25 bits per heavy atom. The number of aryl methyl sites for hydroxylation is 2. The van der Waals surface area contributed by atoms with Crippen LogP contribution in [0.2, 0.25) is 5.15 Å². The number of H-pyrrole nitrogens is 1. The molecular weight excluding hydrogens is 432 g/mol. The number of nitrogens with zero attached hydrogens (tertiary/aromatic N) is 4. The van der Waals surface area contributed by atoms with Crippen LogP contribution < -0.4 is 16.6 Å². The third kappa shape index (κ3) is 5.64. The van der Waals surface area contributed by atoms with E-state index < -0.39 is 11.2 Å². The fourth-order valence-corrected chi connectivity index (χ4v) is 3.63. The van der Waals surface area contributed by atoms with Crippen molar-refractivity contribution in [3.8, 4) is 0 Å². The molecule has 10 heteroatoms. The number of nitrogens with one attached hydrogen (secondary N) is 2. The van der Waals surface area contributed by atoms with E-state index in [0.29, 0.717) is 48.2 Å². The van der Waals surface area contributed by atoms with Gasteiger partial charge in [0, 0.05) is 38.7 Å². The zero-order valence-electron chi connectivity index (χ0n) is 18.7. The van der Waals surface area contributed by atoms with Gasteiger partial charge in [0.15, 0.2) is 11.2 Å². The van der Waals surface area contributed by atoms with E-state index in [0.717, 1.165) is 18.4 Å². The highest BCUT2D eigenvalue weighted by Crippen LogP contribution is 2.16. The second-order valence-electron chi connectivity index (χ2n) is 8.24. The van der Waals surface area contributed by atoms with Crippen LogP contribution in [0.1, 0.15) is 51.4 Å². The lowest BCUT2D eigenvalue weighted by Gasteiger charge is -2.11. The number of unbranched alkanes of at least 4 members (excludes halogenated alkanes) is 1. The zero-order valence-corrected chi connectivity index (χ0v) is 19.4. The first-order valence-electron chi connectivity index (χ1n) is 10.9. The predicted octanol–water partition coefficient (Wildman–Crippen LogP) is 2.64. The van der Waals surface area contributed by atoms with Gasteiger partial charge in [-0.05, 0) is 24.0 Å². The number of pyridine rings is 1. The molecule has 0 aliphatic heterocycles. The van der Waals surface area contributed by atoms with Gasteiger partial charge in [-0.1, -0.05) is 44.9 Å². The maximum absolute atomic E-state index is 12.6. The van der Waals surface area contributed by atoms with Crippen molar-refractivity contribution < 1.29 is 4.79 Å². The molecule has 172 valence electrons. The first-order chi connectivity index (χ1) is 15.3. The predicted molar refractivity (Wildman–Crippen MR) is 124 cm³/mol. The topological polar surface area (TPSA) is 115 Å². The Kier molecular flexibility index (Phi) is 7.84. The Balaban J connectivity index is 1.83. The normalized spacial score (nSPS) is 11.4. The number of halogens is 1. The highest BCUT2D eigenvalue weighted by molar-refractivity contribution is 6.29. The third-order valence-corrected chi connectivity index (χ3v) is 5.33. The van der Waals surface area contributed by atoms with Gasteiger partial charge in [0.25, 0.3) is 5.56 Å². The molecule has 3 rings (SSSR count). The Labute approximate surface area is 190 Å². The Bertz CT molecular complexity index is 1190. The van der Waals surface area contributed by atoms with Gasteiger partial charge < -0.3 is 9.88 Å². The second-order valence-corrected chi connectivity index (χ2v) is 8.62. The van der Waals surface area contributed by atoms with E-state index >= 15 is 0 Å². The molecule has 2 N–H and O–H groups in total. The van der Waals surface area contributed by atoms with E-state index in [9.17, 15) is 14.4 Å². The minimum atomic E-state index is -0.453. The van der Waals surface area contributed by atoms with Crippen molar-refractivity contribution in [2.75, 3.05) is 0 Å². The molecule has 3 aromatic rings. The minimum absolute atomic E-state index is 0.139. The molecule has 0 radical (unpaired) electrons. The van der Waals surface area contributed by atoms with Gasteiger partial charge in [-0.15, -0.1) is 0 Å². The molecule has 32 heavy (non-hydrogen) atoms. The Morgan fingerprint density at radius 3 is 2.69 bits per heavy atom. The number of aromatic amines is 1. The van der Waals surface area contributed by atoms with Crippen LogP contribution in [0.4, 0.5) is 0 Å². The van der Waals surface area contributed by atoms with Crippen LogP contribution in [-0.2, 0) is 30.8 Å². The number of rotatable bonds is 10. The molecule has 0 saturated heterocycles. The quantitative estimate of drug-likeness (QED) is 0.451. The SMILES string of the molecule is CCCCn1c(=O)[nH]c(=O)c2c1nc(CCC(=O)NCc1ccc(Cl)nc1)n2CC(C)C. The largest absolute Gasteiger partial charge is 0.352 e. The standard InChI is InChI=1S/C22H29ClN6O3/c1-4-5-10-28-20-19(21(31)27-22(28)32)29(13-14(2)3)17(26-20)8-9-18(30)25-12-15-6-7-16(23)24-11-15/h6-7,11,14H,4-5,8-10,12-13H2,1-3H3,(H,25,30)(H,27,31,32). The number of carbonyl (C=O) groups excluding carboxylic acids is 1. The molecule has 3 aromatic heterocycles. The number of carbonyl (C=O) groups is 1. The van der Waals surface area contributed by atoms with Crippen molar-refractivity contribution in [3.05, 3.63) is 55.7 Å². The first kappa shape index (κ1) is 23.7. The van der Waals surface area contributed by atoms with Crippen molar-refractivity contribution in [2.45, 2.75) is 66.1 Å². The number of hydrogen-bond acceptors (Lipinski definition) is 5. The zero-order chi connectivity index (χ0) is 23.3. The van der Waals surface area contributed by atoms with Crippen LogP contribution in [0.5, 0.6) is 0 Å². The number of hydrogen-bond donors (Lipinski definition) is 2. The van der Waals surface area contributed by atoms with Crippen LogP contribution in [0, 0.1) is 5.92 Å². The molecule has 0 atom stereocenters. The molecule has 1 amide bonds. The first-order valence-corrected chi connectivity index (χ1v) is 11.3. The van der Waals surface area contributed by atoms with Crippen LogP contribution in [0.15, 0.2) is 27.9 Å². The van der Waals surface area contributed by atoms with Crippen LogP contribution in [-0.4, -0.2) is 30.0 Å². The lowest BCUT2D eigenvalue weighted by molar-refractivity contribution is -0.121. The van der Waals surface area contributed by atoms with E-state index in [1.807, 2.05) is 25.3 Å². The molecule has 0 bridgehead atoms. The summed E-state index contributed by atoms with van der Waals surface area (Å²) in [4.78, 5) is 48.5. The van der Waals surface area contributed by atoms with Gasteiger partial charge in [-0.25, -0.2) is 14.8 Å². The maximum atomic E-state index is 12.6. The fraction of sp³-hybridized carbons (Fsp3) is 0.500. The molecule has 0 spiro atoms. The smallest absolute Gasteiger partial charge is 0.330 e. The minimum Gasteiger partial charge on any atom is -0.352 e. The van der Waals surface area contributed by atoms with Gasteiger partial charge in [0.1, 0.15) is 11.0 Å². The van der Waals surface area contributed by atoms with Gasteiger partial charge in [-0.3, -0.25) is 19.1 Å². The average Bonchev–Trinajstić information content (AvgIpc) is 3.09. The van der Waals surface area contributed by atoms with E-state index in [4.69, 9.17) is 11.6 Å². The van der Waals surface area contributed by atoms with Gasteiger partial charge >= 0.3 is 5.69 Å². The summed E-state index contributed by atoms with van der Waals surface area (Å²) in [7, 11) is 0. The van der Waals surface area contributed by atoms with E-state index in [-0.39, 0.29) is 18.2 Å². The summed E-state index contributed by atoms with van der Waals surface area (Å²) in [6.45, 7) is 7.53. The summed E-state index contributed by atoms with van der Waals surface area (Å²) in [5, 5.41) is 3.26. The highest BCUT2D eigenvalue weighted by atomic mass is 35.5. The molecule has 0 aliphatic rings. The van der Waals surface area contributed by atoms with Gasteiger partial charge in [-0.2, -0.15) is 0 Å². The molecule has 0 fully saturated rings. The van der Waals surface area contributed by atoms with Gasteiger partial charge in [0.05, 0.1) is 0 Å². The summed E-state index contributed by atoms with van der Waals surface area (Å²) in [6, 6.07) is 3.48. The van der Waals surface area contributed by atoms with Crippen molar-refractivity contribution in [1.29, 1.82) is 0 Å². The molecule has 0 aromatic carbocycles. The highest BCUT2D eigenvalue weighted by Gasteiger charge is 2.19. The van der Waals surface area contributed by atoms with E-state index in [2.05, 4.69) is 20.3 Å². The summed E-state index contributed by atoms with van der Waals surface area (Å²) >= 11 is 5.78. The second kappa shape index (κ2) is 10.6. The number of fused-ring (bicyclic) bond motifs is 1. The molecule has 9 nitrogen and oxygen atoms in total.